The van der Waals surface area contributed by atoms with Crippen LogP contribution in [0.4, 0.5) is 18.9 Å². The molecule has 1 heterocycles. The van der Waals surface area contributed by atoms with Crippen LogP contribution in [0.3, 0.4) is 0 Å². The number of aromatic nitrogens is 2. The van der Waals surface area contributed by atoms with Gasteiger partial charge < -0.3 is 9.73 Å². The molecule has 3 aromatic rings. The molecular weight excluding hydrogens is 403 g/mol. The van der Waals surface area contributed by atoms with E-state index >= 15 is 0 Å². The van der Waals surface area contributed by atoms with Crippen LogP contribution >= 0.6 is 11.8 Å². The molecule has 2 aromatic carbocycles. The summed E-state index contributed by atoms with van der Waals surface area (Å²) in [6.45, 7) is 2.06. The molecule has 1 aromatic heterocycles. The lowest BCUT2D eigenvalue weighted by Gasteiger charge is -2.08. The molecule has 0 saturated carbocycles. The molecule has 29 heavy (non-hydrogen) atoms. The van der Waals surface area contributed by atoms with E-state index in [9.17, 15) is 18.0 Å². The summed E-state index contributed by atoms with van der Waals surface area (Å²) in [7, 11) is 0. The SMILES string of the molecule is CC(Cc1nnc(SCC(=O)Nc2ccc(C(F)(F)F)cc2)o1)c1ccccc1. The zero-order valence-electron chi connectivity index (χ0n) is 15.4. The van der Waals surface area contributed by atoms with Crippen molar-refractivity contribution in [3.63, 3.8) is 0 Å². The van der Waals surface area contributed by atoms with Gasteiger partial charge >= 0.3 is 6.18 Å². The molecule has 152 valence electrons. The molecule has 0 bridgehead atoms. The molecule has 9 heteroatoms. The molecule has 1 unspecified atom stereocenters. The van der Waals surface area contributed by atoms with Gasteiger partial charge in [0, 0.05) is 12.1 Å². The van der Waals surface area contributed by atoms with Gasteiger partial charge in [-0.05, 0) is 35.7 Å². The lowest BCUT2D eigenvalue weighted by molar-refractivity contribution is -0.137. The normalized spacial score (nSPS) is 12.6. The molecule has 3 rings (SSSR count). The molecule has 1 N–H and O–H groups in total. The van der Waals surface area contributed by atoms with E-state index in [0.717, 1.165) is 29.5 Å². The number of carbonyl (C=O) groups excluding carboxylic acids is 1. The Bertz CT molecular complexity index is 944. The van der Waals surface area contributed by atoms with E-state index in [2.05, 4.69) is 22.4 Å². The number of carbonyl (C=O) groups is 1. The molecule has 0 fully saturated rings. The number of anilines is 1. The van der Waals surface area contributed by atoms with Gasteiger partial charge in [0.2, 0.25) is 11.8 Å². The van der Waals surface area contributed by atoms with Crippen LogP contribution in [-0.2, 0) is 17.4 Å². The van der Waals surface area contributed by atoms with Gasteiger partial charge in [0.15, 0.2) is 0 Å². The van der Waals surface area contributed by atoms with Gasteiger partial charge in [0.25, 0.3) is 5.22 Å². The monoisotopic (exact) mass is 421 g/mol. The topological polar surface area (TPSA) is 68.0 Å². The zero-order valence-corrected chi connectivity index (χ0v) is 16.3. The van der Waals surface area contributed by atoms with Gasteiger partial charge in [-0.1, -0.05) is 49.0 Å². The number of hydrogen-bond acceptors (Lipinski definition) is 5. The van der Waals surface area contributed by atoms with E-state index in [0.29, 0.717) is 12.3 Å². The minimum atomic E-state index is -4.41. The molecule has 1 amide bonds. The second-order valence-electron chi connectivity index (χ2n) is 6.39. The molecule has 0 saturated heterocycles. The summed E-state index contributed by atoms with van der Waals surface area (Å²) in [6, 6.07) is 14.2. The fourth-order valence-electron chi connectivity index (χ4n) is 2.61. The van der Waals surface area contributed by atoms with Gasteiger partial charge in [0.1, 0.15) is 0 Å². The van der Waals surface area contributed by atoms with Crippen LogP contribution < -0.4 is 5.32 Å². The van der Waals surface area contributed by atoms with Crippen LogP contribution in [0.1, 0.15) is 29.9 Å². The second kappa shape index (κ2) is 9.13. The highest BCUT2D eigenvalue weighted by Crippen LogP contribution is 2.30. The van der Waals surface area contributed by atoms with Gasteiger partial charge in [-0.3, -0.25) is 4.79 Å². The number of hydrogen-bond donors (Lipinski definition) is 1. The van der Waals surface area contributed by atoms with Crippen LogP contribution in [-0.4, -0.2) is 21.9 Å². The number of alkyl halides is 3. The summed E-state index contributed by atoms with van der Waals surface area (Å²) in [5.41, 5.74) is 0.676. The average Bonchev–Trinajstić information content (AvgIpc) is 3.14. The molecule has 0 aliphatic heterocycles. The van der Waals surface area contributed by atoms with Crippen molar-refractivity contribution < 1.29 is 22.4 Å². The highest BCUT2D eigenvalue weighted by atomic mass is 32.2. The third-order valence-corrected chi connectivity index (χ3v) is 4.94. The Balaban J connectivity index is 1.48. The first-order chi connectivity index (χ1) is 13.8. The second-order valence-corrected chi connectivity index (χ2v) is 7.32. The number of rotatable bonds is 7. The first kappa shape index (κ1) is 20.9. The van der Waals surface area contributed by atoms with E-state index in [-0.39, 0.29) is 28.5 Å². The maximum absolute atomic E-state index is 12.6. The first-order valence-corrected chi connectivity index (χ1v) is 9.77. The average molecular weight is 421 g/mol. The number of halogens is 3. The number of amides is 1. The van der Waals surface area contributed by atoms with E-state index in [1.165, 1.54) is 12.1 Å². The van der Waals surface area contributed by atoms with E-state index in [1.807, 2.05) is 30.3 Å². The standard InChI is InChI=1S/C20H18F3N3O2S/c1-13(14-5-3-2-4-6-14)11-18-25-26-19(28-18)29-12-17(27)24-16-9-7-15(8-10-16)20(21,22)23/h2-10,13H,11-12H2,1H3,(H,24,27). The molecular formula is C20H18F3N3O2S. The van der Waals surface area contributed by atoms with Crippen molar-refractivity contribution in [3.05, 3.63) is 71.6 Å². The summed E-state index contributed by atoms with van der Waals surface area (Å²) >= 11 is 1.07. The summed E-state index contributed by atoms with van der Waals surface area (Å²) in [5, 5.41) is 10.7. The van der Waals surface area contributed by atoms with Crippen LogP contribution in [0.25, 0.3) is 0 Å². The Morgan fingerprint density at radius 1 is 1.10 bits per heavy atom. The molecule has 0 aliphatic carbocycles. The van der Waals surface area contributed by atoms with Crippen molar-refractivity contribution in [1.82, 2.24) is 10.2 Å². The molecule has 0 spiro atoms. The highest BCUT2D eigenvalue weighted by molar-refractivity contribution is 7.99. The third-order valence-electron chi connectivity index (χ3n) is 4.12. The maximum Gasteiger partial charge on any atom is 0.416 e. The Labute approximate surface area is 169 Å². The summed E-state index contributed by atoms with van der Waals surface area (Å²) in [4.78, 5) is 12.0. The Morgan fingerprint density at radius 3 is 2.45 bits per heavy atom. The number of nitrogens with zero attached hydrogens (tertiary/aromatic N) is 2. The smallest absolute Gasteiger partial charge is 0.416 e. The first-order valence-electron chi connectivity index (χ1n) is 8.78. The molecule has 0 radical (unpaired) electrons. The summed E-state index contributed by atoms with van der Waals surface area (Å²) in [6.07, 6.45) is -3.83. The van der Waals surface area contributed by atoms with E-state index < -0.39 is 11.7 Å². The van der Waals surface area contributed by atoms with Crippen molar-refractivity contribution in [2.75, 3.05) is 11.1 Å². The predicted octanol–water partition coefficient (Wildman–Crippen LogP) is 5.17. The van der Waals surface area contributed by atoms with Crippen molar-refractivity contribution in [2.45, 2.75) is 30.7 Å². The number of benzene rings is 2. The minimum absolute atomic E-state index is 0.00308. The Kier molecular flexibility index (Phi) is 6.58. The van der Waals surface area contributed by atoms with Crippen molar-refractivity contribution in [2.24, 2.45) is 0 Å². The van der Waals surface area contributed by atoms with Crippen molar-refractivity contribution in [1.29, 1.82) is 0 Å². The van der Waals surface area contributed by atoms with Crippen molar-refractivity contribution in [3.8, 4) is 0 Å². The minimum Gasteiger partial charge on any atom is -0.416 e. The zero-order chi connectivity index (χ0) is 20.9. The van der Waals surface area contributed by atoms with Gasteiger partial charge in [-0.2, -0.15) is 13.2 Å². The fraction of sp³-hybridized carbons (Fsp3) is 0.250. The summed E-state index contributed by atoms with van der Waals surface area (Å²) in [5.74, 6) is 0.299. The lowest BCUT2D eigenvalue weighted by atomic mass is 9.98. The fourth-order valence-corrected chi connectivity index (χ4v) is 3.19. The predicted molar refractivity (Wildman–Crippen MR) is 104 cm³/mol. The van der Waals surface area contributed by atoms with Crippen LogP contribution in [0.2, 0.25) is 0 Å². The molecule has 5 nitrogen and oxygen atoms in total. The molecule has 0 aliphatic rings. The van der Waals surface area contributed by atoms with Crippen LogP contribution in [0.5, 0.6) is 0 Å². The van der Waals surface area contributed by atoms with Crippen molar-refractivity contribution >= 4 is 23.4 Å². The number of nitrogens with one attached hydrogen (secondary N) is 1. The van der Waals surface area contributed by atoms with Crippen LogP contribution in [0, 0.1) is 0 Å². The third kappa shape index (κ3) is 6.08. The Hall–Kier alpha value is -2.81. The van der Waals surface area contributed by atoms with E-state index in [4.69, 9.17) is 4.42 Å². The molecule has 1 atom stereocenters. The highest BCUT2D eigenvalue weighted by Gasteiger charge is 2.30. The maximum atomic E-state index is 12.6. The van der Waals surface area contributed by atoms with Gasteiger partial charge in [0.05, 0.1) is 11.3 Å². The van der Waals surface area contributed by atoms with E-state index in [1.54, 1.807) is 0 Å². The van der Waals surface area contributed by atoms with Crippen LogP contribution in [0.15, 0.2) is 64.2 Å². The lowest BCUT2D eigenvalue weighted by Crippen LogP contribution is -2.14. The summed E-state index contributed by atoms with van der Waals surface area (Å²) < 4.78 is 43.2. The van der Waals surface area contributed by atoms with Gasteiger partial charge in [-0.25, -0.2) is 0 Å². The van der Waals surface area contributed by atoms with Gasteiger partial charge in [-0.15, -0.1) is 10.2 Å². The quantitative estimate of drug-likeness (QED) is 0.534. The Morgan fingerprint density at radius 2 is 1.79 bits per heavy atom. The number of thioether (sulfide) groups is 1. The largest absolute Gasteiger partial charge is 0.416 e.